The minimum atomic E-state index is 0.223. The van der Waals surface area contributed by atoms with E-state index in [4.69, 9.17) is 0 Å². The summed E-state index contributed by atoms with van der Waals surface area (Å²) in [6.45, 7) is 0. The molecule has 1 fully saturated rings. The molecule has 1 unspecified atom stereocenters. The van der Waals surface area contributed by atoms with Gasteiger partial charge in [0, 0.05) is 12.3 Å². The lowest BCUT2D eigenvalue weighted by atomic mass is 9.73. The van der Waals surface area contributed by atoms with Gasteiger partial charge in [0.05, 0.1) is 0 Å². The Morgan fingerprint density at radius 2 is 2.00 bits per heavy atom. The number of carbonyl (C=O) groups is 1. The molecule has 17 heavy (non-hydrogen) atoms. The summed E-state index contributed by atoms with van der Waals surface area (Å²) in [5.74, 6) is 3.87. The van der Waals surface area contributed by atoms with Crippen molar-refractivity contribution in [2.24, 2.45) is 5.92 Å². The molecule has 0 radical (unpaired) electrons. The Bertz CT molecular complexity index is 421. The predicted octanol–water partition coefficient (Wildman–Crippen LogP) is 3.43. The topological polar surface area (TPSA) is 17.1 Å². The van der Waals surface area contributed by atoms with Gasteiger partial charge in [0.15, 0.2) is 0 Å². The summed E-state index contributed by atoms with van der Waals surface area (Å²) in [7, 11) is 0. The zero-order valence-corrected chi connectivity index (χ0v) is 10.8. The molecule has 0 aromatic heterocycles. The second-order valence-corrected chi connectivity index (χ2v) is 6.41. The van der Waals surface area contributed by atoms with Crippen LogP contribution in [0, 0.1) is 5.92 Å². The Hall–Kier alpha value is -0.760. The average Bonchev–Trinajstić information content (AvgIpc) is 2.32. The second kappa shape index (κ2) is 4.85. The summed E-state index contributed by atoms with van der Waals surface area (Å²) in [6, 6.07) is 8.39. The maximum absolute atomic E-state index is 12.2. The molecule has 1 aromatic carbocycles. The van der Waals surface area contributed by atoms with Crippen LogP contribution in [-0.2, 0) is 11.2 Å². The summed E-state index contributed by atoms with van der Waals surface area (Å²) in [6.07, 6.45) is 4.28. The molecule has 1 heterocycles. The Morgan fingerprint density at radius 1 is 1.24 bits per heavy atom. The van der Waals surface area contributed by atoms with E-state index in [9.17, 15) is 4.79 Å². The first kappa shape index (κ1) is 11.3. The molecule has 1 aliphatic heterocycles. The first-order valence-electron chi connectivity index (χ1n) is 6.53. The van der Waals surface area contributed by atoms with Gasteiger partial charge in [-0.3, -0.25) is 4.79 Å². The van der Waals surface area contributed by atoms with Crippen molar-refractivity contribution in [3.8, 4) is 0 Å². The molecular weight excluding hydrogens is 228 g/mol. The van der Waals surface area contributed by atoms with E-state index in [1.165, 1.54) is 35.5 Å². The minimum absolute atomic E-state index is 0.223. The molecule has 0 bridgehead atoms. The van der Waals surface area contributed by atoms with Crippen LogP contribution < -0.4 is 0 Å². The Balaban J connectivity index is 1.61. The van der Waals surface area contributed by atoms with Gasteiger partial charge >= 0.3 is 0 Å². The van der Waals surface area contributed by atoms with E-state index >= 15 is 0 Å². The van der Waals surface area contributed by atoms with Crippen molar-refractivity contribution in [2.45, 2.75) is 31.6 Å². The molecule has 90 valence electrons. The fourth-order valence-corrected chi connectivity index (χ4v) is 4.13. The van der Waals surface area contributed by atoms with Crippen molar-refractivity contribution in [3.63, 3.8) is 0 Å². The Kier molecular flexibility index (Phi) is 3.24. The second-order valence-electron chi connectivity index (χ2n) is 5.18. The molecular formula is C15H18OS. The number of hydrogen-bond donors (Lipinski definition) is 0. The number of carbonyl (C=O) groups excluding carboxylic acids is 1. The number of ketones is 1. The van der Waals surface area contributed by atoms with Crippen LogP contribution in [-0.4, -0.2) is 17.3 Å². The Morgan fingerprint density at radius 3 is 2.76 bits per heavy atom. The van der Waals surface area contributed by atoms with E-state index < -0.39 is 0 Å². The summed E-state index contributed by atoms with van der Waals surface area (Å²) < 4.78 is 0. The molecule has 0 saturated carbocycles. The molecule has 1 saturated heterocycles. The summed E-state index contributed by atoms with van der Waals surface area (Å²) >= 11 is 2.03. The van der Waals surface area contributed by atoms with E-state index in [1.54, 1.807) is 0 Å². The first-order chi connectivity index (χ1) is 8.34. The fraction of sp³-hybridized carbons (Fsp3) is 0.533. The van der Waals surface area contributed by atoms with Crippen LogP contribution in [0.1, 0.15) is 36.3 Å². The average molecular weight is 246 g/mol. The highest BCUT2D eigenvalue weighted by Gasteiger charge is 2.32. The van der Waals surface area contributed by atoms with Crippen LogP contribution in [0.3, 0.4) is 0 Å². The zero-order valence-electron chi connectivity index (χ0n) is 10.0. The number of rotatable bonds is 3. The standard InChI is InChI=1S/C15H18OS/c16-15(9-11-5-7-17-8-6-11)14-10-12-3-1-2-4-13(12)14/h1-4,11,14H,5-10H2. The molecule has 2 aliphatic rings. The van der Waals surface area contributed by atoms with E-state index in [1.807, 2.05) is 11.8 Å². The van der Waals surface area contributed by atoms with Crippen LogP contribution in [0.4, 0.5) is 0 Å². The maximum Gasteiger partial charge on any atom is 0.140 e. The van der Waals surface area contributed by atoms with Crippen LogP contribution in [0.15, 0.2) is 24.3 Å². The van der Waals surface area contributed by atoms with E-state index in [0.717, 1.165) is 12.8 Å². The number of fused-ring (bicyclic) bond motifs is 1. The lowest BCUT2D eigenvalue weighted by Crippen LogP contribution is -2.27. The van der Waals surface area contributed by atoms with Crippen molar-refractivity contribution in [1.82, 2.24) is 0 Å². The SMILES string of the molecule is O=C(CC1CCSCC1)C1Cc2ccccc21. The van der Waals surface area contributed by atoms with Gasteiger partial charge in [0.1, 0.15) is 5.78 Å². The lowest BCUT2D eigenvalue weighted by Gasteiger charge is -2.30. The third kappa shape index (κ3) is 2.28. The van der Waals surface area contributed by atoms with E-state index in [2.05, 4.69) is 24.3 Å². The smallest absolute Gasteiger partial charge is 0.140 e. The highest BCUT2D eigenvalue weighted by Crippen LogP contribution is 2.38. The molecule has 2 heteroatoms. The summed E-state index contributed by atoms with van der Waals surface area (Å²) in [5, 5.41) is 0. The largest absolute Gasteiger partial charge is 0.299 e. The molecule has 0 amide bonds. The number of hydrogen-bond acceptors (Lipinski definition) is 2. The molecule has 1 aromatic rings. The van der Waals surface area contributed by atoms with Gasteiger partial charge in [-0.25, -0.2) is 0 Å². The molecule has 1 nitrogen and oxygen atoms in total. The number of benzene rings is 1. The first-order valence-corrected chi connectivity index (χ1v) is 7.68. The van der Waals surface area contributed by atoms with Crippen molar-refractivity contribution < 1.29 is 4.79 Å². The maximum atomic E-state index is 12.2. The van der Waals surface area contributed by atoms with Gasteiger partial charge in [0.25, 0.3) is 0 Å². The fourth-order valence-electron chi connectivity index (χ4n) is 2.92. The zero-order chi connectivity index (χ0) is 11.7. The third-order valence-corrected chi connectivity index (χ3v) is 5.12. The summed E-state index contributed by atoms with van der Waals surface area (Å²) in [5.41, 5.74) is 2.67. The number of thioether (sulfide) groups is 1. The quantitative estimate of drug-likeness (QED) is 0.813. The van der Waals surface area contributed by atoms with Crippen LogP contribution in [0.25, 0.3) is 0 Å². The van der Waals surface area contributed by atoms with Crippen LogP contribution in [0.2, 0.25) is 0 Å². The Labute approximate surface area is 107 Å². The van der Waals surface area contributed by atoms with Crippen molar-refractivity contribution in [3.05, 3.63) is 35.4 Å². The van der Waals surface area contributed by atoms with Gasteiger partial charge in [-0.05, 0) is 47.8 Å². The minimum Gasteiger partial charge on any atom is -0.299 e. The van der Waals surface area contributed by atoms with Crippen LogP contribution in [0.5, 0.6) is 0 Å². The molecule has 1 atom stereocenters. The lowest BCUT2D eigenvalue weighted by molar-refractivity contribution is -0.122. The normalized spacial score (nSPS) is 23.9. The van der Waals surface area contributed by atoms with Crippen molar-refractivity contribution >= 4 is 17.5 Å². The molecule has 1 aliphatic carbocycles. The highest BCUT2D eigenvalue weighted by atomic mass is 32.2. The van der Waals surface area contributed by atoms with Crippen molar-refractivity contribution in [1.29, 1.82) is 0 Å². The highest BCUT2D eigenvalue weighted by molar-refractivity contribution is 7.99. The molecule has 0 N–H and O–H groups in total. The van der Waals surface area contributed by atoms with Crippen LogP contribution >= 0.6 is 11.8 Å². The van der Waals surface area contributed by atoms with E-state index in [-0.39, 0.29) is 5.92 Å². The predicted molar refractivity (Wildman–Crippen MR) is 72.6 cm³/mol. The van der Waals surface area contributed by atoms with Gasteiger partial charge in [-0.15, -0.1) is 0 Å². The van der Waals surface area contributed by atoms with Gasteiger partial charge in [-0.2, -0.15) is 11.8 Å². The van der Waals surface area contributed by atoms with Gasteiger partial charge < -0.3 is 0 Å². The van der Waals surface area contributed by atoms with Crippen molar-refractivity contribution in [2.75, 3.05) is 11.5 Å². The third-order valence-electron chi connectivity index (χ3n) is 4.07. The van der Waals surface area contributed by atoms with E-state index in [0.29, 0.717) is 11.7 Å². The number of Topliss-reactive ketones (excluding diaryl/α,β-unsaturated/α-hetero) is 1. The van der Waals surface area contributed by atoms with Gasteiger partial charge in [-0.1, -0.05) is 24.3 Å². The molecule has 3 rings (SSSR count). The molecule has 0 spiro atoms. The monoisotopic (exact) mass is 246 g/mol. The summed E-state index contributed by atoms with van der Waals surface area (Å²) in [4.78, 5) is 12.2. The van der Waals surface area contributed by atoms with Gasteiger partial charge in [0.2, 0.25) is 0 Å².